The maximum absolute atomic E-state index is 12.9. The molecule has 1 nitrogen and oxygen atoms in total. The third kappa shape index (κ3) is 10.9. The summed E-state index contributed by atoms with van der Waals surface area (Å²) in [4.78, 5) is -12.2. The zero-order valence-electron chi connectivity index (χ0n) is 11.4. The lowest BCUT2D eigenvalue weighted by Crippen LogP contribution is -2.50. The first-order valence-corrected chi connectivity index (χ1v) is 9.36. The second-order valence-electron chi connectivity index (χ2n) is 4.73. The van der Waals surface area contributed by atoms with E-state index in [0.717, 1.165) is 0 Å². The van der Waals surface area contributed by atoms with E-state index in [2.05, 4.69) is 36.6 Å². The van der Waals surface area contributed by atoms with Crippen LogP contribution in [0.25, 0.3) is 0 Å². The molecule has 0 N–H and O–H groups in total. The molecule has 0 heterocycles. The zero-order chi connectivity index (χ0) is 20.4. The van der Waals surface area contributed by atoms with Crippen LogP contribution in [0.4, 0.5) is 43.9 Å². The average molecular weight is 654 g/mol. The first kappa shape index (κ1) is 26.2. The van der Waals surface area contributed by atoms with Gasteiger partial charge in [0.25, 0.3) is 0 Å². The highest BCUT2D eigenvalue weighted by atomic mass is 79.9. The number of rotatable bonds is 8. The lowest BCUT2D eigenvalue weighted by Gasteiger charge is -2.33. The van der Waals surface area contributed by atoms with E-state index in [1.807, 2.05) is 0 Å². The average Bonchev–Trinajstić information content (AvgIpc) is 2.19. The third-order valence-corrected chi connectivity index (χ3v) is 4.70. The Morgan fingerprint density at radius 1 is 0.600 bits per heavy atom. The number of halogens is 14. The molecule has 0 amide bonds. The van der Waals surface area contributed by atoms with Crippen molar-refractivity contribution in [2.45, 2.75) is 56.7 Å². The van der Waals surface area contributed by atoms with Crippen molar-refractivity contribution in [1.29, 1.82) is 0 Å². The van der Waals surface area contributed by atoms with Crippen molar-refractivity contribution in [3.05, 3.63) is 0 Å². The van der Waals surface area contributed by atoms with Crippen molar-refractivity contribution in [3.63, 3.8) is 0 Å². The lowest BCUT2D eigenvalue weighted by atomic mass is 10.1. The molecule has 0 aliphatic carbocycles. The Morgan fingerprint density at radius 2 is 0.840 bits per heavy atom. The maximum Gasteiger partial charge on any atom is 0.415 e. The highest BCUT2D eigenvalue weighted by Gasteiger charge is 2.55. The monoisotopic (exact) mass is 650 g/mol. The molecule has 0 rings (SSSR count). The first-order valence-electron chi connectivity index (χ1n) is 5.94. The van der Waals surface area contributed by atoms with Gasteiger partial charge < -0.3 is 4.74 Å². The molecule has 0 aromatic carbocycles. The minimum atomic E-state index is -5.47. The van der Waals surface area contributed by atoms with Crippen LogP contribution in [0.1, 0.15) is 12.8 Å². The number of hydrogen-bond donors (Lipinski definition) is 0. The van der Waals surface area contributed by atoms with Crippen LogP contribution < -0.4 is 0 Å². The second kappa shape index (κ2) is 9.12. The van der Waals surface area contributed by atoms with Crippen LogP contribution in [0, 0.1) is 0 Å². The molecule has 4 atom stereocenters. The van der Waals surface area contributed by atoms with Crippen molar-refractivity contribution in [2.75, 3.05) is 0 Å². The Morgan fingerprint density at radius 3 is 1.00 bits per heavy atom. The van der Waals surface area contributed by atoms with Gasteiger partial charge in [0.15, 0.2) is 12.2 Å². The fourth-order valence-corrected chi connectivity index (χ4v) is 4.78. The van der Waals surface area contributed by atoms with Crippen molar-refractivity contribution in [1.82, 2.24) is 0 Å². The molecule has 4 unspecified atom stereocenters. The minimum Gasteiger partial charge on any atom is -0.354 e. The second-order valence-corrected chi connectivity index (χ2v) is 9.40. The normalized spacial score (nSPS) is 19.4. The molecular weight excluding hydrogens is 646 g/mol. The molecule has 0 aromatic heterocycles. The number of alkyl halides is 14. The molecular formula is C10H8Br4F10O. The standard InChI is InChI=1S/C10H8Br4F10O/c11-3(1-7(13,15)16)5(9(19,20)21)25-6(10(22,23)24)4(12)2-8(14,17)18/h3-6H,1-2H2. The smallest absolute Gasteiger partial charge is 0.354 e. The quantitative estimate of drug-likeness (QED) is 0.200. The summed E-state index contributed by atoms with van der Waals surface area (Å²) in [5.74, 6) is 0. The van der Waals surface area contributed by atoms with Crippen LogP contribution in [-0.4, -0.2) is 43.9 Å². The Bertz CT molecular complexity index is 378. The molecule has 152 valence electrons. The molecule has 15 heteroatoms. The molecule has 0 spiro atoms. The topological polar surface area (TPSA) is 9.23 Å². The van der Waals surface area contributed by atoms with E-state index in [9.17, 15) is 43.9 Å². The van der Waals surface area contributed by atoms with Crippen LogP contribution in [0.2, 0.25) is 0 Å². The fourth-order valence-electron chi connectivity index (χ4n) is 1.55. The Hall–Kier alpha value is 1.18. The predicted octanol–water partition coefficient (Wildman–Crippen LogP) is 7.15. The van der Waals surface area contributed by atoms with Gasteiger partial charge in [0.2, 0.25) is 0 Å². The minimum absolute atomic E-state index is 1.57. The lowest BCUT2D eigenvalue weighted by molar-refractivity contribution is -0.286. The summed E-state index contributed by atoms with van der Waals surface area (Å²) >= 11 is 7.98. The van der Waals surface area contributed by atoms with E-state index in [1.165, 1.54) is 0 Å². The molecule has 0 saturated carbocycles. The summed E-state index contributed by atoms with van der Waals surface area (Å²) < 4.78 is 133. The van der Waals surface area contributed by atoms with Crippen LogP contribution in [0.3, 0.4) is 0 Å². The van der Waals surface area contributed by atoms with Gasteiger partial charge in [-0.1, -0.05) is 31.9 Å². The molecule has 0 aliphatic heterocycles. The van der Waals surface area contributed by atoms with E-state index in [-0.39, 0.29) is 0 Å². The van der Waals surface area contributed by atoms with Gasteiger partial charge >= 0.3 is 22.0 Å². The molecule has 0 saturated heterocycles. The van der Waals surface area contributed by atoms with Gasteiger partial charge in [-0.3, -0.25) is 0 Å². The highest BCUT2D eigenvalue weighted by molar-refractivity contribution is 9.10. The first-order chi connectivity index (χ1) is 10.7. The SMILES string of the molecule is FC(F)(Br)CC(Br)C(OC(C(Br)CC(F)(F)Br)C(F)(F)F)C(F)(F)F. The van der Waals surface area contributed by atoms with Gasteiger partial charge in [0, 0.05) is 12.8 Å². The van der Waals surface area contributed by atoms with E-state index < -0.39 is 56.7 Å². The summed E-state index contributed by atoms with van der Waals surface area (Å²) in [6.07, 6.45) is -20.7. The molecule has 0 aromatic rings. The molecule has 0 bridgehead atoms. The van der Waals surface area contributed by atoms with Gasteiger partial charge in [-0.05, 0) is 31.9 Å². The van der Waals surface area contributed by atoms with E-state index in [4.69, 9.17) is 0 Å². The van der Waals surface area contributed by atoms with Crippen LogP contribution in [-0.2, 0) is 4.74 Å². The third-order valence-electron chi connectivity index (χ3n) is 2.45. The summed E-state index contributed by atoms with van der Waals surface area (Å²) in [6.45, 7) is 0. The molecule has 0 aliphatic rings. The fraction of sp³-hybridized carbons (Fsp3) is 1.00. The summed E-state index contributed by atoms with van der Waals surface area (Å²) in [6, 6.07) is 0. The van der Waals surface area contributed by atoms with Crippen LogP contribution in [0.5, 0.6) is 0 Å². The van der Waals surface area contributed by atoms with E-state index >= 15 is 0 Å². The largest absolute Gasteiger partial charge is 0.415 e. The predicted molar refractivity (Wildman–Crippen MR) is 83.2 cm³/mol. The van der Waals surface area contributed by atoms with Crippen molar-refractivity contribution >= 4 is 63.7 Å². The number of hydrogen-bond acceptors (Lipinski definition) is 1. The summed E-state index contributed by atoms with van der Waals surface area (Å²) in [5, 5.41) is 0. The van der Waals surface area contributed by atoms with Gasteiger partial charge in [-0.15, -0.1) is 0 Å². The molecule has 0 fully saturated rings. The zero-order valence-corrected chi connectivity index (χ0v) is 17.8. The van der Waals surface area contributed by atoms with Gasteiger partial charge in [-0.25, -0.2) is 0 Å². The van der Waals surface area contributed by atoms with Gasteiger partial charge in [-0.2, -0.15) is 43.9 Å². The Kier molecular flexibility index (Phi) is 9.55. The van der Waals surface area contributed by atoms with E-state index in [1.54, 1.807) is 31.9 Å². The van der Waals surface area contributed by atoms with Crippen LogP contribution in [0.15, 0.2) is 0 Å². The summed E-state index contributed by atoms with van der Waals surface area (Å²) in [7, 11) is 0. The van der Waals surface area contributed by atoms with E-state index in [0.29, 0.717) is 0 Å². The van der Waals surface area contributed by atoms with Crippen molar-refractivity contribution < 1.29 is 48.6 Å². The maximum atomic E-state index is 12.9. The van der Waals surface area contributed by atoms with Gasteiger partial charge in [0.1, 0.15) is 0 Å². The Balaban J connectivity index is 5.56. The number of ether oxygens (including phenoxy) is 1. The van der Waals surface area contributed by atoms with Crippen molar-refractivity contribution in [2.24, 2.45) is 0 Å². The highest BCUT2D eigenvalue weighted by Crippen LogP contribution is 2.42. The summed E-state index contributed by atoms with van der Waals surface area (Å²) in [5.41, 5.74) is 0. The Labute approximate surface area is 168 Å². The van der Waals surface area contributed by atoms with Crippen LogP contribution >= 0.6 is 63.7 Å². The van der Waals surface area contributed by atoms with Crippen molar-refractivity contribution in [3.8, 4) is 0 Å². The van der Waals surface area contributed by atoms with Gasteiger partial charge in [0.05, 0.1) is 9.65 Å². The molecule has 0 radical (unpaired) electrons. The molecule has 25 heavy (non-hydrogen) atoms.